The number of amides is 2. The molecule has 3 aliphatic heterocycles. The van der Waals surface area contributed by atoms with Crippen molar-refractivity contribution in [3.8, 4) is 0 Å². The number of unbranched alkanes of at least 4 members (excludes halogenated alkanes) is 3. The number of carbonyl (C=O) groups excluding carboxylic acids is 3. The average molecular weight is 598 g/mol. The number of halogens is 2. The van der Waals surface area contributed by atoms with E-state index in [2.05, 4.69) is 22.5 Å². The van der Waals surface area contributed by atoms with Gasteiger partial charge in [0.2, 0.25) is 5.91 Å². The van der Waals surface area contributed by atoms with Crippen molar-refractivity contribution in [3.63, 3.8) is 0 Å². The van der Waals surface area contributed by atoms with Gasteiger partial charge in [-0.3, -0.25) is 14.4 Å². The van der Waals surface area contributed by atoms with Crippen LogP contribution >= 0.6 is 27.5 Å². The molecule has 0 saturated carbocycles. The first-order valence-corrected chi connectivity index (χ1v) is 14.2. The smallest absolute Gasteiger partial charge is 0.312 e. The highest BCUT2D eigenvalue weighted by atomic mass is 79.9. The van der Waals surface area contributed by atoms with E-state index in [0.29, 0.717) is 36.5 Å². The van der Waals surface area contributed by atoms with E-state index in [9.17, 15) is 14.4 Å². The summed E-state index contributed by atoms with van der Waals surface area (Å²) in [6, 6.07) is 6.13. The van der Waals surface area contributed by atoms with Crippen molar-refractivity contribution >= 4 is 51.0 Å². The summed E-state index contributed by atoms with van der Waals surface area (Å²) in [5.74, 6) is -2.62. The molecule has 0 aromatic heterocycles. The second-order valence-electron chi connectivity index (χ2n) is 9.77. The number of nitrogens with zero attached hydrogens (tertiary/aromatic N) is 2. The van der Waals surface area contributed by atoms with E-state index in [-0.39, 0.29) is 36.4 Å². The van der Waals surface area contributed by atoms with Crippen LogP contribution in [0.3, 0.4) is 0 Å². The maximum atomic E-state index is 14.4. The van der Waals surface area contributed by atoms with E-state index in [1.54, 1.807) is 47.1 Å². The number of benzene rings is 1. The maximum Gasteiger partial charge on any atom is 0.312 e. The molecule has 10 heteroatoms. The number of ether oxygens (including phenoxy) is 2. The number of hydrogen-bond acceptors (Lipinski definition) is 6. The van der Waals surface area contributed by atoms with E-state index in [0.717, 1.165) is 12.8 Å². The number of aliphatic hydroxyl groups excluding tert-OH is 1. The van der Waals surface area contributed by atoms with Crippen molar-refractivity contribution in [1.29, 1.82) is 0 Å². The van der Waals surface area contributed by atoms with Crippen LogP contribution in [-0.2, 0) is 23.9 Å². The fourth-order valence-electron chi connectivity index (χ4n) is 6.16. The third-order valence-electron chi connectivity index (χ3n) is 7.61. The molecule has 1 N–H and O–H groups in total. The molecule has 1 aromatic rings. The van der Waals surface area contributed by atoms with Crippen LogP contribution in [0.25, 0.3) is 0 Å². The number of aliphatic hydroxyl groups is 1. The number of carbonyl (C=O) groups is 3. The Hall–Kier alpha value is -1.94. The Kier molecular flexibility index (Phi) is 8.99. The third-order valence-corrected chi connectivity index (χ3v) is 8.77. The van der Waals surface area contributed by atoms with E-state index < -0.39 is 35.6 Å². The fraction of sp³-hybridized carbons (Fsp3) is 0.593. The van der Waals surface area contributed by atoms with Crippen LogP contribution in [0.4, 0.5) is 5.69 Å². The monoisotopic (exact) mass is 596 g/mol. The zero-order valence-electron chi connectivity index (χ0n) is 21.0. The number of likely N-dealkylation sites (tertiary alicyclic amines) is 1. The van der Waals surface area contributed by atoms with Crippen molar-refractivity contribution < 1.29 is 29.0 Å². The van der Waals surface area contributed by atoms with Crippen molar-refractivity contribution in [1.82, 2.24) is 4.90 Å². The largest absolute Gasteiger partial charge is 0.466 e. The lowest BCUT2D eigenvalue weighted by atomic mass is 9.70. The summed E-state index contributed by atoms with van der Waals surface area (Å²) in [6.45, 7) is 6.40. The minimum atomic E-state index is -1.16. The summed E-state index contributed by atoms with van der Waals surface area (Å²) in [6.07, 6.45) is 4.46. The topological polar surface area (TPSA) is 96.4 Å². The number of hydrogen-bond donors (Lipinski definition) is 1. The van der Waals surface area contributed by atoms with Gasteiger partial charge in [-0.25, -0.2) is 0 Å². The summed E-state index contributed by atoms with van der Waals surface area (Å²) < 4.78 is 11.8. The van der Waals surface area contributed by atoms with Gasteiger partial charge in [0.1, 0.15) is 11.6 Å². The van der Waals surface area contributed by atoms with Crippen LogP contribution < -0.4 is 4.90 Å². The molecule has 3 fully saturated rings. The molecule has 0 aliphatic carbocycles. The molecular formula is C27H34BrClN2O6. The Morgan fingerprint density at radius 3 is 2.73 bits per heavy atom. The van der Waals surface area contributed by atoms with Crippen molar-refractivity contribution in [2.45, 2.75) is 61.6 Å². The van der Waals surface area contributed by atoms with Gasteiger partial charge >= 0.3 is 5.97 Å². The number of anilines is 1. The van der Waals surface area contributed by atoms with Crippen molar-refractivity contribution in [2.75, 3.05) is 31.2 Å². The predicted octanol–water partition coefficient (Wildman–Crippen LogP) is 3.72. The predicted molar refractivity (Wildman–Crippen MR) is 144 cm³/mol. The number of fused-ring (bicyclic) bond motifs is 1. The molecular weight excluding hydrogens is 564 g/mol. The van der Waals surface area contributed by atoms with Crippen LogP contribution in [0.2, 0.25) is 5.02 Å². The van der Waals surface area contributed by atoms with E-state index >= 15 is 0 Å². The Balaban J connectivity index is 1.74. The lowest BCUT2D eigenvalue weighted by Gasteiger charge is -2.37. The molecule has 3 saturated heterocycles. The minimum Gasteiger partial charge on any atom is -0.466 e. The molecule has 6 atom stereocenters. The summed E-state index contributed by atoms with van der Waals surface area (Å²) in [4.78, 5) is 44.4. The van der Waals surface area contributed by atoms with Crippen molar-refractivity contribution in [3.05, 3.63) is 41.9 Å². The standard InChI is InChI=1S/C27H34BrClN2O6/c1-3-13-30(19-12-8-7-11-18(19)29)25(34)23-27-16-17(28)22(37-27)20(26(35)36-4-2)21(27)24(33)31(23)14-9-5-6-10-15-32/h3,7-8,11-12,17,20-23,32H,1,4-6,9-10,13-16H2,2H3/t17?,20-,21+,22-,23-,27+/m1/s1. The number of rotatable bonds is 12. The Labute approximate surface area is 231 Å². The normalized spacial score (nSPS) is 29.9. The van der Waals surface area contributed by atoms with Gasteiger partial charge in [-0.15, -0.1) is 6.58 Å². The lowest BCUT2D eigenvalue weighted by Crippen LogP contribution is -2.57. The molecule has 3 heterocycles. The first-order valence-electron chi connectivity index (χ1n) is 12.9. The van der Waals surface area contributed by atoms with E-state index in [1.807, 2.05) is 0 Å². The number of para-hydroxylation sites is 1. The average Bonchev–Trinajstić information content (AvgIpc) is 3.46. The number of alkyl halides is 1. The first-order chi connectivity index (χ1) is 17.8. The Morgan fingerprint density at radius 2 is 2.05 bits per heavy atom. The molecule has 3 aliphatic rings. The first kappa shape index (κ1) is 28.1. The second-order valence-corrected chi connectivity index (χ2v) is 11.4. The summed E-state index contributed by atoms with van der Waals surface area (Å²) in [7, 11) is 0. The van der Waals surface area contributed by atoms with Crippen molar-refractivity contribution in [2.24, 2.45) is 11.8 Å². The molecule has 2 bridgehead atoms. The van der Waals surface area contributed by atoms with Gasteiger partial charge in [0, 0.05) is 24.5 Å². The molecule has 4 rings (SSSR count). The van der Waals surface area contributed by atoms with E-state index in [1.165, 1.54) is 0 Å². The molecule has 1 aromatic carbocycles. The lowest BCUT2D eigenvalue weighted by molar-refractivity contribution is -0.154. The van der Waals surface area contributed by atoms with Gasteiger partial charge in [-0.05, 0) is 38.3 Å². The van der Waals surface area contributed by atoms with Gasteiger partial charge in [0.15, 0.2) is 0 Å². The highest BCUT2D eigenvalue weighted by molar-refractivity contribution is 9.09. The Bertz CT molecular complexity index is 1040. The zero-order chi connectivity index (χ0) is 26.7. The quantitative estimate of drug-likeness (QED) is 0.171. The number of esters is 1. The van der Waals surface area contributed by atoms with Crippen LogP contribution in [0.1, 0.15) is 39.0 Å². The SMILES string of the molecule is C=CCN(C(=O)[C@H]1N(CCCCCCO)C(=O)[C@@H]2[C@@H](C(=O)OCC)[C@@H]3O[C@@]21CC3Br)c1ccccc1Cl. The minimum absolute atomic E-state index is 0.117. The fourth-order valence-corrected chi connectivity index (χ4v) is 7.34. The molecule has 2 amide bonds. The Morgan fingerprint density at radius 1 is 1.32 bits per heavy atom. The van der Waals surface area contributed by atoms with Gasteiger partial charge < -0.3 is 24.4 Å². The molecule has 37 heavy (non-hydrogen) atoms. The molecule has 1 unspecified atom stereocenters. The summed E-state index contributed by atoms with van der Waals surface area (Å²) in [5.41, 5.74) is -0.634. The van der Waals surface area contributed by atoms with Gasteiger partial charge in [-0.1, -0.05) is 58.6 Å². The van der Waals surface area contributed by atoms with E-state index in [4.69, 9.17) is 26.2 Å². The van der Waals surface area contributed by atoms with Gasteiger partial charge in [-0.2, -0.15) is 0 Å². The van der Waals surface area contributed by atoms with Crippen LogP contribution in [0.15, 0.2) is 36.9 Å². The maximum absolute atomic E-state index is 14.4. The summed E-state index contributed by atoms with van der Waals surface area (Å²) in [5, 5.41) is 9.52. The molecule has 8 nitrogen and oxygen atoms in total. The summed E-state index contributed by atoms with van der Waals surface area (Å²) >= 11 is 10.1. The third kappa shape index (κ3) is 4.95. The van der Waals surface area contributed by atoms with Crippen LogP contribution in [-0.4, -0.2) is 76.7 Å². The molecule has 1 spiro atoms. The van der Waals surface area contributed by atoms with Crippen LogP contribution in [0.5, 0.6) is 0 Å². The zero-order valence-corrected chi connectivity index (χ0v) is 23.3. The molecule has 202 valence electrons. The van der Waals surface area contributed by atoms with Gasteiger partial charge in [0.25, 0.3) is 5.91 Å². The molecule has 0 radical (unpaired) electrons. The van der Waals surface area contributed by atoms with Crippen LogP contribution in [0, 0.1) is 11.8 Å². The van der Waals surface area contributed by atoms with Gasteiger partial charge in [0.05, 0.1) is 35.3 Å². The highest BCUT2D eigenvalue weighted by Gasteiger charge is 2.77. The second kappa shape index (κ2) is 11.8. The highest BCUT2D eigenvalue weighted by Crippen LogP contribution is 2.60.